The van der Waals surface area contributed by atoms with E-state index >= 15 is 0 Å². The van der Waals surface area contributed by atoms with Crippen molar-refractivity contribution < 1.29 is 9.47 Å². The summed E-state index contributed by atoms with van der Waals surface area (Å²) in [6, 6.07) is 8.07. The molecule has 0 unspecified atom stereocenters. The van der Waals surface area contributed by atoms with Gasteiger partial charge in [-0.3, -0.25) is 0 Å². The molecule has 0 radical (unpaired) electrons. The van der Waals surface area contributed by atoms with E-state index in [0.717, 1.165) is 22.3 Å². The van der Waals surface area contributed by atoms with Gasteiger partial charge < -0.3 is 9.47 Å². The first kappa shape index (κ1) is 12.2. The molecule has 0 saturated heterocycles. The Bertz CT molecular complexity index is 489. The number of rotatable bonds is 2. The molecule has 0 aliphatic rings. The molecule has 2 nitrogen and oxygen atoms in total. The minimum Gasteiger partial charge on any atom is -0.496 e. The van der Waals surface area contributed by atoms with Crippen molar-refractivity contribution in [1.82, 2.24) is 0 Å². The molecular weight excluding hydrogens is 430 g/mol. The van der Waals surface area contributed by atoms with Gasteiger partial charge in [-0.15, -0.1) is 0 Å². The van der Waals surface area contributed by atoms with E-state index in [1.165, 1.54) is 7.14 Å². The first-order valence-corrected chi connectivity index (χ1v) is 6.83. The normalized spacial score (nSPS) is 10.5. The zero-order chi connectivity index (χ0) is 11.7. The molecule has 0 fully saturated rings. The van der Waals surface area contributed by atoms with Gasteiger partial charge in [0.1, 0.15) is 11.5 Å². The standard InChI is InChI=1S/C12H10I2O2/c1-15-9-5-3-8(14)12-10(16-2)6-4-7(13)11(9)12/h3-6H,1-2H3. The van der Waals surface area contributed by atoms with Crippen molar-refractivity contribution in [2.75, 3.05) is 14.2 Å². The van der Waals surface area contributed by atoms with E-state index in [1.807, 2.05) is 24.3 Å². The number of halogens is 2. The molecule has 0 spiro atoms. The number of fused-ring (bicyclic) bond motifs is 1. The van der Waals surface area contributed by atoms with Crippen LogP contribution in [0.5, 0.6) is 11.5 Å². The number of hydrogen-bond acceptors (Lipinski definition) is 2. The first-order valence-electron chi connectivity index (χ1n) is 4.67. The highest BCUT2D eigenvalue weighted by Gasteiger charge is 2.12. The van der Waals surface area contributed by atoms with Gasteiger partial charge in [0.15, 0.2) is 0 Å². The molecule has 0 aliphatic heterocycles. The van der Waals surface area contributed by atoms with Crippen LogP contribution in [0.15, 0.2) is 24.3 Å². The Hall–Kier alpha value is -0.240. The number of benzene rings is 2. The largest absolute Gasteiger partial charge is 0.496 e. The smallest absolute Gasteiger partial charge is 0.127 e. The van der Waals surface area contributed by atoms with Gasteiger partial charge >= 0.3 is 0 Å². The summed E-state index contributed by atoms with van der Waals surface area (Å²) in [7, 11) is 3.38. The Morgan fingerprint density at radius 2 is 1.12 bits per heavy atom. The van der Waals surface area contributed by atoms with E-state index < -0.39 is 0 Å². The summed E-state index contributed by atoms with van der Waals surface area (Å²) in [5, 5.41) is 2.24. The monoisotopic (exact) mass is 440 g/mol. The van der Waals surface area contributed by atoms with E-state index in [2.05, 4.69) is 45.2 Å². The summed E-state index contributed by atoms with van der Waals surface area (Å²) in [6.07, 6.45) is 0. The van der Waals surface area contributed by atoms with Crippen molar-refractivity contribution in [3.05, 3.63) is 31.4 Å². The van der Waals surface area contributed by atoms with E-state index in [-0.39, 0.29) is 0 Å². The highest BCUT2D eigenvalue weighted by atomic mass is 127. The molecule has 2 aromatic rings. The third-order valence-electron chi connectivity index (χ3n) is 2.42. The van der Waals surface area contributed by atoms with Gasteiger partial charge in [0.25, 0.3) is 0 Å². The van der Waals surface area contributed by atoms with Crippen LogP contribution < -0.4 is 9.47 Å². The predicted molar refractivity (Wildman–Crippen MR) is 82.5 cm³/mol. The SMILES string of the molecule is COc1ccc(I)c2c(OC)ccc(I)c12. The van der Waals surface area contributed by atoms with Gasteiger partial charge in [-0.2, -0.15) is 0 Å². The third kappa shape index (κ3) is 1.97. The molecule has 2 rings (SSSR count). The van der Waals surface area contributed by atoms with Crippen LogP contribution in [0.4, 0.5) is 0 Å². The fourth-order valence-corrected chi connectivity index (χ4v) is 3.12. The van der Waals surface area contributed by atoms with Gasteiger partial charge in [-0.25, -0.2) is 0 Å². The van der Waals surface area contributed by atoms with Crippen molar-refractivity contribution in [3.63, 3.8) is 0 Å². The summed E-state index contributed by atoms with van der Waals surface area (Å²) in [5.74, 6) is 1.78. The minimum absolute atomic E-state index is 0.888. The maximum Gasteiger partial charge on any atom is 0.127 e. The van der Waals surface area contributed by atoms with Crippen LogP contribution in [0.3, 0.4) is 0 Å². The molecule has 0 amide bonds. The Kier molecular flexibility index (Phi) is 3.78. The van der Waals surface area contributed by atoms with E-state index in [0.29, 0.717) is 0 Å². The topological polar surface area (TPSA) is 18.5 Å². The Morgan fingerprint density at radius 1 is 0.750 bits per heavy atom. The van der Waals surface area contributed by atoms with E-state index in [9.17, 15) is 0 Å². The minimum atomic E-state index is 0.888. The average Bonchev–Trinajstić information content (AvgIpc) is 2.31. The highest BCUT2D eigenvalue weighted by Crippen LogP contribution is 2.38. The molecule has 0 N–H and O–H groups in total. The molecule has 0 bridgehead atoms. The fraction of sp³-hybridized carbons (Fsp3) is 0.167. The lowest BCUT2D eigenvalue weighted by Gasteiger charge is -2.12. The molecule has 16 heavy (non-hydrogen) atoms. The molecule has 2 aromatic carbocycles. The lowest BCUT2D eigenvalue weighted by atomic mass is 10.1. The second kappa shape index (κ2) is 4.95. The quantitative estimate of drug-likeness (QED) is 0.657. The van der Waals surface area contributed by atoms with E-state index in [1.54, 1.807) is 14.2 Å². The van der Waals surface area contributed by atoms with Gasteiger partial charge in [0.05, 0.1) is 14.2 Å². The lowest BCUT2D eigenvalue weighted by Crippen LogP contribution is -1.93. The second-order valence-electron chi connectivity index (χ2n) is 3.25. The zero-order valence-electron chi connectivity index (χ0n) is 8.88. The Balaban J connectivity index is 2.94. The summed E-state index contributed by atoms with van der Waals surface area (Å²) in [4.78, 5) is 0. The van der Waals surface area contributed by atoms with Crippen LogP contribution >= 0.6 is 45.2 Å². The molecule has 0 heterocycles. The van der Waals surface area contributed by atoms with Gasteiger partial charge in [-0.05, 0) is 69.4 Å². The van der Waals surface area contributed by atoms with Crippen LogP contribution in [0.1, 0.15) is 0 Å². The van der Waals surface area contributed by atoms with Crippen molar-refractivity contribution in [2.24, 2.45) is 0 Å². The second-order valence-corrected chi connectivity index (χ2v) is 5.57. The highest BCUT2D eigenvalue weighted by molar-refractivity contribution is 14.1. The van der Waals surface area contributed by atoms with Crippen molar-refractivity contribution in [1.29, 1.82) is 0 Å². The molecule has 0 atom stereocenters. The van der Waals surface area contributed by atoms with Crippen molar-refractivity contribution in [3.8, 4) is 11.5 Å². The summed E-state index contributed by atoms with van der Waals surface area (Å²) < 4.78 is 13.1. The Labute approximate surface area is 122 Å². The zero-order valence-corrected chi connectivity index (χ0v) is 13.2. The molecule has 0 aromatic heterocycles. The first-order chi connectivity index (χ1) is 7.69. The lowest BCUT2D eigenvalue weighted by molar-refractivity contribution is 0.415. The van der Waals surface area contributed by atoms with Crippen LogP contribution in [0.2, 0.25) is 0 Å². The average molecular weight is 440 g/mol. The van der Waals surface area contributed by atoms with Crippen molar-refractivity contribution >= 4 is 56.0 Å². The summed E-state index contributed by atoms with van der Waals surface area (Å²) >= 11 is 4.64. The Morgan fingerprint density at radius 3 is 1.44 bits per heavy atom. The third-order valence-corrected chi connectivity index (χ3v) is 4.22. The molecular formula is C12H10I2O2. The molecule has 4 heteroatoms. The summed E-state index contributed by atoms with van der Waals surface area (Å²) in [5.41, 5.74) is 0. The molecule has 0 aliphatic carbocycles. The van der Waals surface area contributed by atoms with Crippen LogP contribution in [0, 0.1) is 7.14 Å². The van der Waals surface area contributed by atoms with Crippen LogP contribution in [-0.4, -0.2) is 14.2 Å². The molecule has 0 saturated carbocycles. The maximum atomic E-state index is 5.40. The number of ether oxygens (including phenoxy) is 2. The number of methoxy groups -OCH3 is 2. The maximum absolute atomic E-state index is 5.40. The fourth-order valence-electron chi connectivity index (χ4n) is 1.69. The van der Waals surface area contributed by atoms with Crippen LogP contribution in [0.25, 0.3) is 10.8 Å². The van der Waals surface area contributed by atoms with E-state index in [4.69, 9.17) is 9.47 Å². The van der Waals surface area contributed by atoms with Gasteiger partial charge in [-0.1, -0.05) is 0 Å². The summed E-state index contributed by atoms with van der Waals surface area (Å²) in [6.45, 7) is 0. The number of hydrogen-bond donors (Lipinski definition) is 0. The van der Waals surface area contributed by atoms with Crippen molar-refractivity contribution in [2.45, 2.75) is 0 Å². The predicted octanol–water partition coefficient (Wildman–Crippen LogP) is 4.07. The van der Waals surface area contributed by atoms with Gasteiger partial charge in [0.2, 0.25) is 0 Å². The van der Waals surface area contributed by atoms with Gasteiger partial charge in [0, 0.05) is 17.9 Å². The molecule has 84 valence electrons. The van der Waals surface area contributed by atoms with Crippen LogP contribution in [-0.2, 0) is 0 Å².